The van der Waals surface area contributed by atoms with E-state index in [1.54, 1.807) is 22.2 Å². The molecule has 9 nitrogen and oxygen atoms in total. The molecule has 0 aliphatic carbocycles. The van der Waals surface area contributed by atoms with E-state index >= 15 is 0 Å². The van der Waals surface area contributed by atoms with Crippen LogP contribution in [0.25, 0.3) is 5.52 Å². The Balaban J connectivity index is 1.36. The zero-order chi connectivity index (χ0) is 18.5. The van der Waals surface area contributed by atoms with Crippen LogP contribution in [0.4, 0.5) is 16.3 Å². The molecule has 0 spiro atoms. The van der Waals surface area contributed by atoms with Gasteiger partial charge in [0.25, 0.3) is 0 Å². The molecule has 5 heterocycles. The van der Waals surface area contributed by atoms with Crippen molar-refractivity contribution in [2.24, 2.45) is 0 Å². The summed E-state index contributed by atoms with van der Waals surface area (Å²) in [5, 5.41) is 9.01. The van der Waals surface area contributed by atoms with Crippen molar-refractivity contribution in [1.82, 2.24) is 29.3 Å². The molecule has 2 saturated heterocycles. The van der Waals surface area contributed by atoms with Gasteiger partial charge < -0.3 is 9.80 Å². The number of hydrogen-bond donors (Lipinski definition) is 0. The number of carbonyl (C=O) groups excluding carboxylic acids is 1. The maximum atomic E-state index is 12.2. The number of aromatic nitrogens is 5. The van der Waals surface area contributed by atoms with Crippen molar-refractivity contribution >= 4 is 23.1 Å². The third kappa shape index (κ3) is 2.61. The standard InChI is InChI=1S/C18H22N8O/c1-13-9-16-17(19-4-6-25(16)21-13)23-5-3-14(11-23)26-12-15(10-20-26)24-8-7-22(2)18(24)27/h4,6,9-10,12,14H,3,5,7-8,11H2,1-2H3. The molecule has 2 amide bonds. The summed E-state index contributed by atoms with van der Waals surface area (Å²) in [4.78, 5) is 22.6. The van der Waals surface area contributed by atoms with Gasteiger partial charge in [0.2, 0.25) is 0 Å². The summed E-state index contributed by atoms with van der Waals surface area (Å²) in [7, 11) is 1.83. The Labute approximate surface area is 156 Å². The lowest BCUT2D eigenvalue weighted by Gasteiger charge is -2.18. The number of carbonyl (C=O) groups is 1. The maximum Gasteiger partial charge on any atom is 0.324 e. The molecule has 0 saturated carbocycles. The van der Waals surface area contributed by atoms with E-state index in [-0.39, 0.29) is 12.1 Å². The van der Waals surface area contributed by atoms with Crippen molar-refractivity contribution in [2.75, 3.05) is 43.0 Å². The van der Waals surface area contributed by atoms with Crippen LogP contribution in [0.2, 0.25) is 0 Å². The SMILES string of the molecule is Cc1cc2c(N3CCC(n4cc(N5CCN(C)C5=O)cn4)C3)nccn2n1. The van der Waals surface area contributed by atoms with Gasteiger partial charge in [-0.3, -0.25) is 9.58 Å². The van der Waals surface area contributed by atoms with Gasteiger partial charge in [0.1, 0.15) is 5.52 Å². The summed E-state index contributed by atoms with van der Waals surface area (Å²) in [6, 6.07) is 2.37. The van der Waals surface area contributed by atoms with E-state index in [4.69, 9.17) is 0 Å². The van der Waals surface area contributed by atoms with Crippen LogP contribution < -0.4 is 9.80 Å². The van der Waals surface area contributed by atoms with E-state index in [1.807, 2.05) is 35.6 Å². The average Bonchev–Trinajstić information content (AvgIpc) is 3.41. The number of nitrogens with zero attached hydrogens (tertiary/aromatic N) is 8. The molecule has 9 heteroatoms. The van der Waals surface area contributed by atoms with Gasteiger partial charge in [0, 0.05) is 51.8 Å². The van der Waals surface area contributed by atoms with Crippen LogP contribution in [0, 0.1) is 6.92 Å². The molecular formula is C18H22N8O. The lowest BCUT2D eigenvalue weighted by molar-refractivity contribution is 0.229. The summed E-state index contributed by atoms with van der Waals surface area (Å²) in [5.41, 5.74) is 2.88. The van der Waals surface area contributed by atoms with Gasteiger partial charge in [-0.15, -0.1) is 0 Å². The Hall–Kier alpha value is -3.10. The maximum absolute atomic E-state index is 12.2. The molecule has 0 radical (unpaired) electrons. The number of hydrogen-bond acceptors (Lipinski definition) is 5. The second-order valence-corrected chi connectivity index (χ2v) is 7.29. The van der Waals surface area contributed by atoms with Gasteiger partial charge in [0.15, 0.2) is 5.82 Å². The van der Waals surface area contributed by atoms with Crippen LogP contribution >= 0.6 is 0 Å². The monoisotopic (exact) mass is 366 g/mol. The molecule has 1 unspecified atom stereocenters. The minimum Gasteiger partial charge on any atom is -0.353 e. The summed E-state index contributed by atoms with van der Waals surface area (Å²) < 4.78 is 3.87. The van der Waals surface area contributed by atoms with Gasteiger partial charge in [-0.05, 0) is 19.4 Å². The lowest BCUT2D eigenvalue weighted by Crippen LogP contribution is -2.28. The van der Waals surface area contributed by atoms with E-state index in [1.165, 1.54) is 0 Å². The summed E-state index contributed by atoms with van der Waals surface area (Å²) in [6.45, 7) is 5.21. The number of urea groups is 1. The zero-order valence-electron chi connectivity index (χ0n) is 15.5. The largest absolute Gasteiger partial charge is 0.353 e. The molecule has 2 aliphatic heterocycles. The zero-order valence-corrected chi connectivity index (χ0v) is 15.5. The lowest BCUT2D eigenvalue weighted by atomic mass is 10.3. The van der Waals surface area contributed by atoms with Crippen LogP contribution in [0.5, 0.6) is 0 Å². The molecule has 140 valence electrons. The first-order chi connectivity index (χ1) is 13.1. The van der Waals surface area contributed by atoms with Gasteiger partial charge in [0.05, 0.1) is 23.6 Å². The average molecular weight is 366 g/mol. The minimum absolute atomic E-state index is 0.0366. The van der Waals surface area contributed by atoms with Crippen molar-refractivity contribution in [3.63, 3.8) is 0 Å². The predicted octanol–water partition coefficient (Wildman–Crippen LogP) is 1.56. The highest BCUT2D eigenvalue weighted by atomic mass is 16.2. The first-order valence-electron chi connectivity index (χ1n) is 9.23. The summed E-state index contributed by atoms with van der Waals surface area (Å²) in [6.07, 6.45) is 8.44. The van der Waals surface area contributed by atoms with Gasteiger partial charge >= 0.3 is 6.03 Å². The Morgan fingerprint density at radius 2 is 2.11 bits per heavy atom. The van der Waals surface area contributed by atoms with Crippen LogP contribution in [0.15, 0.2) is 30.9 Å². The number of fused-ring (bicyclic) bond motifs is 1. The van der Waals surface area contributed by atoms with Crippen LogP contribution in [-0.4, -0.2) is 68.5 Å². The first-order valence-corrected chi connectivity index (χ1v) is 9.23. The fourth-order valence-corrected chi connectivity index (χ4v) is 3.98. The second kappa shape index (κ2) is 5.97. The minimum atomic E-state index is 0.0366. The Bertz CT molecular complexity index is 1010. The fraction of sp³-hybridized carbons (Fsp3) is 0.444. The molecule has 3 aromatic rings. The highest BCUT2D eigenvalue weighted by Crippen LogP contribution is 2.29. The van der Waals surface area contributed by atoms with Crippen molar-refractivity contribution in [3.8, 4) is 0 Å². The highest BCUT2D eigenvalue weighted by Gasteiger charge is 2.30. The van der Waals surface area contributed by atoms with E-state index in [0.29, 0.717) is 6.54 Å². The normalized spacial score (nSPS) is 20.4. The van der Waals surface area contributed by atoms with Crippen molar-refractivity contribution in [2.45, 2.75) is 19.4 Å². The smallest absolute Gasteiger partial charge is 0.324 e. The molecule has 2 aliphatic rings. The number of amides is 2. The van der Waals surface area contributed by atoms with Crippen molar-refractivity contribution in [3.05, 3.63) is 36.5 Å². The van der Waals surface area contributed by atoms with Crippen LogP contribution in [0.1, 0.15) is 18.2 Å². The van der Waals surface area contributed by atoms with E-state index in [2.05, 4.69) is 26.1 Å². The predicted molar refractivity (Wildman–Crippen MR) is 101 cm³/mol. The fourth-order valence-electron chi connectivity index (χ4n) is 3.98. The summed E-state index contributed by atoms with van der Waals surface area (Å²) >= 11 is 0. The topological polar surface area (TPSA) is 74.8 Å². The van der Waals surface area contributed by atoms with Gasteiger partial charge in [-0.2, -0.15) is 10.2 Å². The Kier molecular flexibility index (Phi) is 3.56. The highest BCUT2D eigenvalue weighted by molar-refractivity contribution is 5.93. The molecular weight excluding hydrogens is 344 g/mol. The number of likely N-dealkylation sites (N-methyl/N-ethyl adjacent to an activating group) is 1. The Morgan fingerprint density at radius 3 is 2.93 bits per heavy atom. The van der Waals surface area contributed by atoms with Gasteiger partial charge in [-0.1, -0.05) is 0 Å². The number of rotatable bonds is 3. The van der Waals surface area contributed by atoms with E-state index in [9.17, 15) is 4.79 Å². The molecule has 2 fully saturated rings. The molecule has 27 heavy (non-hydrogen) atoms. The van der Waals surface area contributed by atoms with Gasteiger partial charge in [-0.25, -0.2) is 14.3 Å². The number of anilines is 2. The second-order valence-electron chi connectivity index (χ2n) is 7.29. The Morgan fingerprint density at radius 1 is 1.22 bits per heavy atom. The van der Waals surface area contributed by atoms with Crippen molar-refractivity contribution in [1.29, 1.82) is 0 Å². The molecule has 1 atom stereocenters. The summed E-state index contributed by atoms with van der Waals surface area (Å²) in [5.74, 6) is 0.962. The molecule has 0 aromatic carbocycles. The number of aryl methyl sites for hydroxylation is 1. The van der Waals surface area contributed by atoms with Crippen LogP contribution in [0.3, 0.4) is 0 Å². The van der Waals surface area contributed by atoms with E-state index < -0.39 is 0 Å². The third-order valence-corrected chi connectivity index (χ3v) is 5.44. The molecule has 5 rings (SSSR count). The van der Waals surface area contributed by atoms with E-state index in [0.717, 1.165) is 48.8 Å². The molecule has 0 bridgehead atoms. The first kappa shape index (κ1) is 16.1. The molecule has 0 N–H and O–H groups in total. The van der Waals surface area contributed by atoms with Crippen molar-refractivity contribution < 1.29 is 4.79 Å². The van der Waals surface area contributed by atoms with Crippen LogP contribution in [-0.2, 0) is 0 Å². The third-order valence-electron chi connectivity index (χ3n) is 5.44. The molecule has 3 aromatic heterocycles. The quantitative estimate of drug-likeness (QED) is 0.703.